The van der Waals surface area contributed by atoms with Crippen molar-refractivity contribution in [3.05, 3.63) is 36.9 Å². The van der Waals surface area contributed by atoms with E-state index in [0.29, 0.717) is 6.54 Å². The Morgan fingerprint density at radius 3 is 3.12 bits per heavy atom. The largest absolute Gasteiger partial charge is 0.346 e. The molecule has 3 rings (SSSR count). The van der Waals surface area contributed by atoms with Crippen molar-refractivity contribution in [1.82, 2.24) is 19.7 Å². The summed E-state index contributed by atoms with van der Waals surface area (Å²) in [5.41, 5.74) is 2.81. The number of fused-ring (bicyclic) bond motifs is 1. The van der Waals surface area contributed by atoms with E-state index in [1.807, 2.05) is 24.5 Å². The minimum atomic E-state index is -0.407. The topological polar surface area (TPSA) is 46.5 Å². The molecule has 0 aliphatic heterocycles. The summed E-state index contributed by atoms with van der Waals surface area (Å²) >= 11 is 0. The van der Waals surface area contributed by atoms with E-state index >= 15 is 0 Å². The van der Waals surface area contributed by atoms with Gasteiger partial charge in [-0.1, -0.05) is 0 Å². The van der Waals surface area contributed by atoms with Crippen LogP contribution in [0.15, 0.2) is 36.9 Å². The van der Waals surface area contributed by atoms with Crippen molar-refractivity contribution in [3.63, 3.8) is 0 Å². The Morgan fingerprint density at radius 1 is 1.29 bits per heavy atom. The highest BCUT2D eigenvalue weighted by Gasteiger charge is 2.04. The van der Waals surface area contributed by atoms with Gasteiger partial charge in [0.2, 0.25) is 0 Å². The lowest BCUT2D eigenvalue weighted by atomic mass is 10.1. The second-order valence-electron chi connectivity index (χ2n) is 3.82. The number of hydrogen-bond donors (Lipinski definition) is 1. The van der Waals surface area contributed by atoms with Crippen molar-refractivity contribution in [2.75, 3.05) is 6.67 Å². The van der Waals surface area contributed by atoms with E-state index in [1.165, 1.54) is 0 Å². The fourth-order valence-electron chi connectivity index (χ4n) is 1.82. The first kappa shape index (κ1) is 10.0. The van der Waals surface area contributed by atoms with Crippen LogP contribution >= 0.6 is 0 Å². The Morgan fingerprint density at radius 2 is 2.24 bits per heavy atom. The van der Waals surface area contributed by atoms with Gasteiger partial charge in [0.05, 0.1) is 12.7 Å². The number of nitrogens with zero attached hydrogens (tertiary/aromatic N) is 3. The molecule has 0 saturated heterocycles. The lowest BCUT2D eigenvalue weighted by Gasteiger charge is -1.97. The Labute approximate surface area is 97.1 Å². The molecule has 0 aliphatic rings. The average Bonchev–Trinajstić information content (AvgIpc) is 2.96. The fourth-order valence-corrected chi connectivity index (χ4v) is 1.82. The van der Waals surface area contributed by atoms with Gasteiger partial charge in [-0.15, -0.1) is 0 Å². The molecular weight excluding hydrogens is 219 g/mol. The molecule has 0 spiro atoms. The fraction of sp³-hybridized carbons (Fsp3) is 0.167. The number of alkyl halides is 1. The molecule has 1 N–H and O–H groups in total. The molecule has 0 saturated carbocycles. The van der Waals surface area contributed by atoms with Gasteiger partial charge in [-0.25, -0.2) is 9.37 Å². The number of halogens is 1. The Bertz CT molecular complexity index is 641. The van der Waals surface area contributed by atoms with E-state index in [-0.39, 0.29) is 0 Å². The maximum Gasteiger partial charge on any atom is 0.137 e. The summed E-state index contributed by atoms with van der Waals surface area (Å²) in [7, 11) is 0. The lowest BCUT2D eigenvalue weighted by molar-refractivity contribution is 0.427. The number of rotatable bonds is 3. The Balaban J connectivity index is 2.00. The average molecular weight is 230 g/mol. The number of aromatic amines is 1. The van der Waals surface area contributed by atoms with Gasteiger partial charge in [-0.3, -0.25) is 4.68 Å². The van der Waals surface area contributed by atoms with Crippen LogP contribution in [0.1, 0.15) is 0 Å². The van der Waals surface area contributed by atoms with Crippen LogP contribution in [0.2, 0.25) is 0 Å². The molecule has 5 heteroatoms. The zero-order chi connectivity index (χ0) is 11.7. The normalized spacial score (nSPS) is 11.1. The van der Waals surface area contributed by atoms with Gasteiger partial charge in [0.15, 0.2) is 0 Å². The van der Waals surface area contributed by atoms with Crippen LogP contribution < -0.4 is 0 Å². The van der Waals surface area contributed by atoms with Gasteiger partial charge in [-0.2, -0.15) is 5.10 Å². The zero-order valence-corrected chi connectivity index (χ0v) is 9.10. The van der Waals surface area contributed by atoms with Crippen LogP contribution in [-0.4, -0.2) is 26.4 Å². The van der Waals surface area contributed by atoms with Crippen molar-refractivity contribution < 1.29 is 4.39 Å². The van der Waals surface area contributed by atoms with Gasteiger partial charge in [0, 0.05) is 35.1 Å². The summed E-state index contributed by atoms with van der Waals surface area (Å²) in [6, 6.07) is 4.01. The molecule has 0 fully saturated rings. The van der Waals surface area contributed by atoms with Crippen molar-refractivity contribution in [2.24, 2.45) is 0 Å². The van der Waals surface area contributed by atoms with E-state index in [2.05, 4.69) is 15.1 Å². The van der Waals surface area contributed by atoms with Crippen LogP contribution in [0.5, 0.6) is 0 Å². The first-order chi connectivity index (χ1) is 8.36. The number of nitrogens with one attached hydrogen (secondary N) is 1. The van der Waals surface area contributed by atoms with Crippen LogP contribution in [0.3, 0.4) is 0 Å². The van der Waals surface area contributed by atoms with Crippen LogP contribution in [0, 0.1) is 0 Å². The number of H-pyrrole nitrogens is 1. The van der Waals surface area contributed by atoms with Crippen molar-refractivity contribution in [2.45, 2.75) is 6.54 Å². The summed E-state index contributed by atoms with van der Waals surface area (Å²) in [5.74, 6) is 0. The van der Waals surface area contributed by atoms with Gasteiger partial charge in [-0.05, 0) is 12.1 Å². The molecule has 0 amide bonds. The summed E-state index contributed by atoms with van der Waals surface area (Å²) in [6.07, 6.45) is 7.20. The highest BCUT2D eigenvalue weighted by Crippen LogP contribution is 2.21. The van der Waals surface area contributed by atoms with Crippen LogP contribution in [0.4, 0.5) is 4.39 Å². The number of pyridine rings is 1. The molecule has 3 aromatic rings. The second kappa shape index (κ2) is 4.01. The molecule has 3 heterocycles. The molecule has 0 radical (unpaired) electrons. The van der Waals surface area contributed by atoms with Crippen molar-refractivity contribution in [1.29, 1.82) is 0 Å². The highest BCUT2D eigenvalue weighted by atomic mass is 19.1. The minimum Gasteiger partial charge on any atom is -0.346 e. The third kappa shape index (κ3) is 1.80. The molecule has 0 atom stereocenters. The minimum absolute atomic E-state index is 0.291. The SMILES string of the molecule is FCCn1cc(-c2cnc3[nH]ccc3c2)cn1. The summed E-state index contributed by atoms with van der Waals surface area (Å²) in [4.78, 5) is 7.35. The first-order valence-corrected chi connectivity index (χ1v) is 5.39. The van der Waals surface area contributed by atoms with E-state index in [4.69, 9.17) is 0 Å². The first-order valence-electron chi connectivity index (χ1n) is 5.39. The quantitative estimate of drug-likeness (QED) is 0.751. The second-order valence-corrected chi connectivity index (χ2v) is 3.82. The van der Waals surface area contributed by atoms with Gasteiger partial charge >= 0.3 is 0 Å². The van der Waals surface area contributed by atoms with Crippen molar-refractivity contribution >= 4 is 11.0 Å². The number of hydrogen-bond acceptors (Lipinski definition) is 2. The van der Waals surface area contributed by atoms with E-state index in [9.17, 15) is 4.39 Å². The third-order valence-corrected chi connectivity index (χ3v) is 2.68. The Hall–Kier alpha value is -2.17. The maximum absolute atomic E-state index is 12.2. The molecule has 0 aromatic carbocycles. The van der Waals surface area contributed by atoms with Crippen LogP contribution in [0.25, 0.3) is 22.2 Å². The van der Waals surface area contributed by atoms with Gasteiger partial charge in [0.1, 0.15) is 12.3 Å². The number of aromatic nitrogens is 4. The maximum atomic E-state index is 12.2. The molecule has 17 heavy (non-hydrogen) atoms. The summed E-state index contributed by atoms with van der Waals surface area (Å²) in [5, 5.41) is 5.15. The molecule has 0 aliphatic carbocycles. The molecule has 4 nitrogen and oxygen atoms in total. The Kier molecular flexibility index (Phi) is 2.36. The lowest BCUT2D eigenvalue weighted by Crippen LogP contribution is -1.98. The molecule has 0 unspecified atom stereocenters. The highest BCUT2D eigenvalue weighted by molar-refractivity contribution is 5.80. The van der Waals surface area contributed by atoms with E-state index < -0.39 is 6.67 Å². The van der Waals surface area contributed by atoms with Gasteiger partial charge in [0.25, 0.3) is 0 Å². The predicted molar refractivity (Wildman–Crippen MR) is 63.3 cm³/mol. The standard InChI is InChI=1S/C12H11FN4/c13-2-4-17-8-11(7-16-17)10-5-9-1-3-14-12(9)15-6-10/h1,3,5-8H,2,4H2,(H,14,15). The predicted octanol–water partition coefficient (Wildman–Crippen LogP) is 2.40. The van der Waals surface area contributed by atoms with Crippen molar-refractivity contribution in [3.8, 4) is 11.1 Å². The monoisotopic (exact) mass is 230 g/mol. The number of aryl methyl sites for hydroxylation is 1. The third-order valence-electron chi connectivity index (χ3n) is 2.68. The molecule has 3 aromatic heterocycles. The summed E-state index contributed by atoms with van der Waals surface area (Å²) in [6.45, 7) is -0.115. The zero-order valence-electron chi connectivity index (χ0n) is 9.10. The van der Waals surface area contributed by atoms with E-state index in [0.717, 1.165) is 22.2 Å². The molecule has 0 bridgehead atoms. The smallest absolute Gasteiger partial charge is 0.137 e. The molecule has 86 valence electrons. The van der Waals surface area contributed by atoms with Crippen LogP contribution in [-0.2, 0) is 6.54 Å². The van der Waals surface area contributed by atoms with Gasteiger partial charge < -0.3 is 4.98 Å². The summed E-state index contributed by atoms with van der Waals surface area (Å²) < 4.78 is 13.8. The van der Waals surface area contributed by atoms with E-state index in [1.54, 1.807) is 17.1 Å². The molecular formula is C12H11FN4.